The molecule has 1 atom stereocenters. The third-order valence-corrected chi connectivity index (χ3v) is 2.08. The molecule has 0 aliphatic rings. The van der Waals surface area contributed by atoms with Gasteiger partial charge in [-0.1, -0.05) is 0 Å². The van der Waals surface area contributed by atoms with Gasteiger partial charge < -0.3 is 19.5 Å². The van der Waals surface area contributed by atoms with Crippen molar-refractivity contribution >= 4 is 11.9 Å². The molecule has 0 saturated heterocycles. The highest BCUT2D eigenvalue weighted by Crippen LogP contribution is 2.10. The van der Waals surface area contributed by atoms with Gasteiger partial charge in [0, 0.05) is 12.8 Å². The van der Waals surface area contributed by atoms with Gasteiger partial charge in [0.05, 0.1) is 27.1 Å². The fourth-order valence-corrected chi connectivity index (χ4v) is 1.27. The van der Waals surface area contributed by atoms with Crippen LogP contribution in [0.1, 0.15) is 19.3 Å². The minimum absolute atomic E-state index is 0.00375. The normalized spacial score (nSPS) is 13.6. The van der Waals surface area contributed by atoms with E-state index in [0.717, 1.165) is 0 Å². The van der Waals surface area contributed by atoms with E-state index in [9.17, 15) is 14.7 Å². The zero-order valence-corrected chi connectivity index (χ0v) is 8.82. The van der Waals surface area contributed by atoms with E-state index in [1.165, 1.54) is 0 Å². The summed E-state index contributed by atoms with van der Waals surface area (Å²) < 4.78 is 0.252. The summed E-state index contributed by atoms with van der Waals surface area (Å²) in [5.41, 5.74) is 0. The largest absolute Gasteiger partial charge is 0.544 e. The first kappa shape index (κ1) is 12.9. The van der Waals surface area contributed by atoms with Crippen molar-refractivity contribution in [1.82, 2.24) is 0 Å². The van der Waals surface area contributed by atoms with Crippen LogP contribution in [-0.4, -0.2) is 48.7 Å². The molecule has 0 aliphatic carbocycles. The van der Waals surface area contributed by atoms with Crippen LogP contribution in [0.25, 0.3) is 0 Å². The van der Waals surface area contributed by atoms with Crippen LogP contribution < -0.4 is 5.11 Å². The number of aliphatic carboxylic acids is 2. The molecular weight excluding hydrogens is 186 g/mol. The molecule has 1 unspecified atom stereocenters. The average molecular weight is 203 g/mol. The first-order valence-corrected chi connectivity index (χ1v) is 4.49. The Labute approximate surface area is 83.5 Å². The Kier molecular flexibility index (Phi) is 4.56. The molecule has 5 heteroatoms. The predicted octanol–water partition coefficient (Wildman–Crippen LogP) is -0.934. The predicted molar refractivity (Wildman–Crippen MR) is 48.3 cm³/mol. The molecule has 14 heavy (non-hydrogen) atoms. The summed E-state index contributed by atoms with van der Waals surface area (Å²) in [4.78, 5) is 21.0. The van der Waals surface area contributed by atoms with Gasteiger partial charge in [-0.3, -0.25) is 4.79 Å². The number of hydrogen-bond acceptors (Lipinski definition) is 3. The lowest BCUT2D eigenvalue weighted by Crippen LogP contribution is -2.54. The average Bonchev–Trinajstić information content (AvgIpc) is 1.94. The Morgan fingerprint density at radius 3 is 2.14 bits per heavy atom. The zero-order chi connectivity index (χ0) is 11.4. The number of nitrogens with zero attached hydrogens (tertiary/aromatic N) is 1. The fourth-order valence-electron chi connectivity index (χ4n) is 1.27. The zero-order valence-electron chi connectivity index (χ0n) is 8.82. The van der Waals surface area contributed by atoms with Gasteiger partial charge in [0.2, 0.25) is 0 Å². The SMILES string of the molecule is C[N+](C)(C)C(CCCC(=O)O)C(=O)[O-]. The van der Waals surface area contributed by atoms with Gasteiger partial charge in [-0.25, -0.2) is 0 Å². The molecule has 0 aromatic carbocycles. The molecule has 0 aliphatic heterocycles. The van der Waals surface area contributed by atoms with E-state index in [4.69, 9.17) is 5.11 Å². The van der Waals surface area contributed by atoms with Crippen LogP contribution in [-0.2, 0) is 9.59 Å². The van der Waals surface area contributed by atoms with Gasteiger partial charge in [0.15, 0.2) is 0 Å². The second-order valence-electron chi connectivity index (χ2n) is 4.24. The second kappa shape index (κ2) is 4.95. The van der Waals surface area contributed by atoms with Crippen LogP contribution in [0.5, 0.6) is 0 Å². The summed E-state index contributed by atoms with van der Waals surface area (Å²) in [6, 6.07) is -0.644. The Balaban J connectivity index is 4.13. The van der Waals surface area contributed by atoms with Crippen molar-refractivity contribution in [3.63, 3.8) is 0 Å². The summed E-state index contributed by atoms with van der Waals surface area (Å²) in [5, 5.41) is 19.1. The number of hydrogen-bond donors (Lipinski definition) is 1. The summed E-state index contributed by atoms with van der Waals surface area (Å²) >= 11 is 0. The van der Waals surface area contributed by atoms with Crippen LogP contribution >= 0.6 is 0 Å². The van der Waals surface area contributed by atoms with E-state index in [1.54, 1.807) is 21.1 Å². The monoisotopic (exact) mass is 203 g/mol. The number of carboxylic acid groups (broad SMARTS) is 2. The third kappa shape index (κ3) is 4.81. The maximum atomic E-state index is 10.7. The van der Waals surface area contributed by atoms with Crippen molar-refractivity contribution in [2.75, 3.05) is 21.1 Å². The summed E-state index contributed by atoms with van der Waals surface area (Å²) in [6.45, 7) is 0. The second-order valence-corrected chi connectivity index (χ2v) is 4.24. The summed E-state index contributed by atoms with van der Waals surface area (Å²) in [5.74, 6) is -2.02. The number of carboxylic acids is 2. The van der Waals surface area contributed by atoms with Crippen molar-refractivity contribution in [3.8, 4) is 0 Å². The minimum atomic E-state index is -1.12. The van der Waals surface area contributed by atoms with Crippen molar-refractivity contribution in [3.05, 3.63) is 0 Å². The molecule has 0 aromatic rings. The molecule has 0 saturated carbocycles. The number of likely N-dealkylation sites (N-methyl/N-ethyl adjacent to an activating group) is 1. The van der Waals surface area contributed by atoms with E-state index < -0.39 is 18.0 Å². The van der Waals surface area contributed by atoms with E-state index in [0.29, 0.717) is 12.8 Å². The van der Waals surface area contributed by atoms with Crippen molar-refractivity contribution in [1.29, 1.82) is 0 Å². The molecule has 0 spiro atoms. The van der Waals surface area contributed by atoms with Crippen LogP contribution in [0.4, 0.5) is 0 Å². The standard InChI is InChI=1S/C9H17NO4/c1-10(2,3)7(9(13)14)5-4-6-8(11)12/h7H,4-6H2,1-3H3,(H-,11,12,13,14). The van der Waals surface area contributed by atoms with Crippen LogP contribution in [0, 0.1) is 0 Å². The first-order valence-electron chi connectivity index (χ1n) is 4.49. The quantitative estimate of drug-likeness (QED) is 0.565. The molecule has 0 heterocycles. The Bertz CT molecular complexity index is 219. The molecule has 0 fully saturated rings. The molecule has 5 nitrogen and oxygen atoms in total. The molecule has 0 radical (unpaired) electrons. The molecule has 0 bridgehead atoms. The lowest BCUT2D eigenvalue weighted by molar-refractivity contribution is -0.889. The van der Waals surface area contributed by atoms with Gasteiger partial charge in [-0.15, -0.1) is 0 Å². The first-order chi connectivity index (χ1) is 6.25. The Hall–Kier alpha value is -1.10. The highest BCUT2D eigenvalue weighted by atomic mass is 16.4. The topological polar surface area (TPSA) is 77.4 Å². The highest BCUT2D eigenvalue weighted by Gasteiger charge is 2.24. The molecule has 0 rings (SSSR count). The Morgan fingerprint density at radius 1 is 1.36 bits per heavy atom. The molecule has 0 aromatic heterocycles. The fraction of sp³-hybridized carbons (Fsp3) is 0.778. The number of rotatable bonds is 6. The maximum absolute atomic E-state index is 10.7. The minimum Gasteiger partial charge on any atom is -0.544 e. The van der Waals surface area contributed by atoms with Gasteiger partial charge in [0.25, 0.3) is 0 Å². The van der Waals surface area contributed by atoms with Crippen molar-refractivity contribution < 1.29 is 24.3 Å². The molecular formula is C9H17NO4. The maximum Gasteiger partial charge on any atom is 0.303 e. The lowest BCUT2D eigenvalue weighted by atomic mass is 10.1. The van der Waals surface area contributed by atoms with Crippen LogP contribution in [0.15, 0.2) is 0 Å². The van der Waals surface area contributed by atoms with Gasteiger partial charge in [-0.05, 0) is 6.42 Å². The van der Waals surface area contributed by atoms with Crippen LogP contribution in [0.3, 0.4) is 0 Å². The third-order valence-electron chi connectivity index (χ3n) is 2.08. The summed E-state index contributed by atoms with van der Waals surface area (Å²) in [6.07, 6.45) is 0.700. The number of quaternary nitrogens is 1. The van der Waals surface area contributed by atoms with Crippen LogP contribution in [0.2, 0.25) is 0 Å². The smallest absolute Gasteiger partial charge is 0.303 e. The lowest BCUT2D eigenvalue weighted by Gasteiger charge is -2.34. The van der Waals surface area contributed by atoms with Gasteiger partial charge in [-0.2, -0.15) is 0 Å². The summed E-state index contributed by atoms with van der Waals surface area (Å²) in [7, 11) is 5.25. The van der Waals surface area contributed by atoms with Gasteiger partial charge in [0.1, 0.15) is 6.04 Å². The Morgan fingerprint density at radius 2 is 1.86 bits per heavy atom. The molecule has 1 N–H and O–H groups in total. The van der Waals surface area contributed by atoms with Crippen molar-refractivity contribution in [2.45, 2.75) is 25.3 Å². The van der Waals surface area contributed by atoms with E-state index in [-0.39, 0.29) is 10.9 Å². The number of carbonyl (C=O) groups is 2. The highest BCUT2D eigenvalue weighted by molar-refractivity contribution is 5.70. The van der Waals surface area contributed by atoms with E-state index in [2.05, 4.69) is 0 Å². The molecule has 0 amide bonds. The van der Waals surface area contributed by atoms with Gasteiger partial charge >= 0.3 is 5.97 Å². The van der Waals surface area contributed by atoms with E-state index >= 15 is 0 Å². The molecule has 82 valence electrons. The van der Waals surface area contributed by atoms with Crippen molar-refractivity contribution in [2.24, 2.45) is 0 Å². The number of carbonyl (C=O) groups excluding carboxylic acids is 1. The van der Waals surface area contributed by atoms with E-state index in [1.807, 2.05) is 0 Å².